The Labute approximate surface area is 110 Å². The Balaban J connectivity index is 3.09. The summed E-state index contributed by atoms with van der Waals surface area (Å²) in [7, 11) is 1.58. The van der Waals surface area contributed by atoms with Gasteiger partial charge in [0.25, 0.3) is 0 Å². The van der Waals surface area contributed by atoms with Crippen molar-refractivity contribution in [1.82, 2.24) is 0 Å². The Hall–Kier alpha value is -1.03. The predicted molar refractivity (Wildman–Crippen MR) is 70.8 cm³/mol. The fourth-order valence-corrected chi connectivity index (χ4v) is 2.00. The van der Waals surface area contributed by atoms with E-state index < -0.39 is 5.60 Å². The Morgan fingerprint density at radius 1 is 1.35 bits per heavy atom. The highest BCUT2D eigenvalue weighted by Gasteiger charge is 2.21. The Morgan fingerprint density at radius 2 is 2.00 bits per heavy atom. The van der Waals surface area contributed by atoms with Gasteiger partial charge in [0.15, 0.2) is 0 Å². The molecule has 0 aliphatic heterocycles. The summed E-state index contributed by atoms with van der Waals surface area (Å²) in [6.07, 6.45) is 0. The molecule has 0 spiro atoms. The van der Waals surface area contributed by atoms with E-state index in [0.29, 0.717) is 16.6 Å². The fraction of sp³-hybridized carbons (Fsp3) is 0.462. The van der Waals surface area contributed by atoms with Crippen molar-refractivity contribution < 1.29 is 14.3 Å². The van der Waals surface area contributed by atoms with Crippen LogP contribution in [0.25, 0.3) is 0 Å². The lowest BCUT2D eigenvalue weighted by molar-refractivity contribution is 0.00683. The molecular weight excluding hydrogens is 284 g/mol. The van der Waals surface area contributed by atoms with Crippen LogP contribution < -0.4 is 4.74 Å². The van der Waals surface area contributed by atoms with E-state index in [9.17, 15) is 4.79 Å². The normalized spacial score (nSPS) is 11.1. The van der Waals surface area contributed by atoms with Crippen molar-refractivity contribution in [2.45, 2.75) is 31.7 Å². The number of carbonyl (C=O) groups is 1. The third kappa shape index (κ3) is 3.73. The minimum atomic E-state index is -0.496. The second-order valence-corrected chi connectivity index (χ2v) is 5.18. The summed E-state index contributed by atoms with van der Waals surface area (Å²) in [5, 5.41) is 0.547. The molecule has 0 aromatic heterocycles. The van der Waals surface area contributed by atoms with Crippen LogP contribution in [0.3, 0.4) is 0 Å². The van der Waals surface area contributed by atoms with Gasteiger partial charge in [-0.15, -0.1) is 0 Å². The molecule has 4 heteroatoms. The summed E-state index contributed by atoms with van der Waals surface area (Å²) in [6.45, 7) is 5.54. The number of carbonyl (C=O) groups excluding carboxylic acids is 1. The summed E-state index contributed by atoms with van der Waals surface area (Å²) in [6, 6.07) is 5.35. The van der Waals surface area contributed by atoms with Gasteiger partial charge in [-0.25, -0.2) is 4.79 Å². The highest BCUT2D eigenvalue weighted by molar-refractivity contribution is 9.08. The first kappa shape index (κ1) is 14.0. The Morgan fingerprint density at radius 3 is 2.47 bits per heavy atom. The predicted octanol–water partition coefficient (Wildman–Crippen LogP) is 3.55. The number of rotatable bonds is 3. The van der Waals surface area contributed by atoms with Gasteiger partial charge in [-0.05, 0) is 32.9 Å². The first-order valence-electron chi connectivity index (χ1n) is 5.34. The van der Waals surface area contributed by atoms with E-state index in [1.165, 1.54) is 0 Å². The van der Waals surface area contributed by atoms with E-state index in [0.717, 1.165) is 5.56 Å². The maximum atomic E-state index is 12.0. The topological polar surface area (TPSA) is 35.5 Å². The van der Waals surface area contributed by atoms with Crippen molar-refractivity contribution in [2.24, 2.45) is 0 Å². The highest BCUT2D eigenvalue weighted by atomic mass is 79.9. The molecule has 0 N–H and O–H groups in total. The molecule has 0 aliphatic carbocycles. The second kappa shape index (κ2) is 5.54. The molecule has 0 saturated heterocycles. The lowest BCUT2D eigenvalue weighted by atomic mass is 10.1. The van der Waals surface area contributed by atoms with Crippen LogP contribution in [0.1, 0.15) is 36.7 Å². The van der Waals surface area contributed by atoms with Gasteiger partial charge in [0, 0.05) is 10.9 Å². The van der Waals surface area contributed by atoms with Crippen LogP contribution in [-0.4, -0.2) is 18.7 Å². The minimum Gasteiger partial charge on any atom is -0.496 e. The standard InChI is InChI=1S/C13H17BrO3/c1-13(2,3)17-12(15)9-6-5-7-11(16-4)10(9)8-14/h5-7H,8H2,1-4H3. The molecule has 1 rings (SSSR count). The third-order valence-electron chi connectivity index (χ3n) is 2.11. The minimum absolute atomic E-state index is 0.328. The van der Waals surface area contributed by atoms with Crippen LogP contribution in [-0.2, 0) is 10.1 Å². The average molecular weight is 301 g/mol. The Bertz CT molecular complexity index is 408. The molecule has 0 heterocycles. The molecular formula is C13H17BrO3. The lowest BCUT2D eigenvalue weighted by Gasteiger charge is -2.20. The van der Waals surface area contributed by atoms with E-state index in [1.807, 2.05) is 26.8 Å². The number of halogens is 1. The van der Waals surface area contributed by atoms with E-state index >= 15 is 0 Å². The van der Waals surface area contributed by atoms with E-state index in [-0.39, 0.29) is 5.97 Å². The third-order valence-corrected chi connectivity index (χ3v) is 2.67. The smallest absolute Gasteiger partial charge is 0.339 e. The molecule has 1 aromatic carbocycles. The molecule has 0 radical (unpaired) electrons. The van der Waals surface area contributed by atoms with Crippen LogP contribution >= 0.6 is 15.9 Å². The van der Waals surface area contributed by atoms with Gasteiger partial charge in [0.05, 0.1) is 12.7 Å². The van der Waals surface area contributed by atoms with Gasteiger partial charge in [-0.1, -0.05) is 22.0 Å². The van der Waals surface area contributed by atoms with Crippen molar-refractivity contribution in [2.75, 3.05) is 7.11 Å². The van der Waals surface area contributed by atoms with Crippen molar-refractivity contribution >= 4 is 21.9 Å². The SMILES string of the molecule is COc1cccc(C(=O)OC(C)(C)C)c1CBr. The van der Waals surface area contributed by atoms with Crippen LogP contribution in [0.5, 0.6) is 5.75 Å². The zero-order chi connectivity index (χ0) is 13.1. The lowest BCUT2D eigenvalue weighted by Crippen LogP contribution is -2.24. The Kier molecular flexibility index (Phi) is 4.57. The molecule has 0 fully saturated rings. The number of alkyl halides is 1. The number of esters is 1. The van der Waals surface area contributed by atoms with Crippen molar-refractivity contribution in [3.05, 3.63) is 29.3 Å². The quantitative estimate of drug-likeness (QED) is 0.632. The summed E-state index contributed by atoms with van der Waals surface area (Å²) >= 11 is 3.36. The monoisotopic (exact) mass is 300 g/mol. The van der Waals surface area contributed by atoms with Gasteiger partial charge in [0.2, 0.25) is 0 Å². The molecule has 0 amide bonds. The first-order chi connectivity index (χ1) is 7.89. The number of benzene rings is 1. The largest absolute Gasteiger partial charge is 0.496 e. The van der Waals surface area contributed by atoms with Gasteiger partial charge >= 0.3 is 5.97 Å². The maximum absolute atomic E-state index is 12.0. The average Bonchev–Trinajstić information content (AvgIpc) is 2.25. The zero-order valence-electron chi connectivity index (χ0n) is 10.5. The molecule has 0 unspecified atom stereocenters. The molecule has 0 atom stereocenters. The van der Waals surface area contributed by atoms with Crippen LogP contribution in [0, 0.1) is 0 Å². The highest BCUT2D eigenvalue weighted by Crippen LogP contribution is 2.26. The van der Waals surface area contributed by atoms with E-state index in [4.69, 9.17) is 9.47 Å². The number of methoxy groups -OCH3 is 1. The summed E-state index contributed by atoms with van der Waals surface area (Å²) in [5.41, 5.74) is 0.851. The van der Waals surface area contributed by atoms with Crippen molar-refractivity contribution in [3.63, 3.8) is 0 Å². The molecule has 17 heavy (non-hydrogen) atoms. The number of ether oxygens (including phenoxy) is 2. The molecule has 0 aliphatic rings. The number of hydrogen-bond acceptors (Lipinski definition) is 3. The van der Waals surface area contributed by atoms with Crippen LogP contribution in [0.2, 0.25) is 0 Å². The molecule has 94 valence electrons. The summed E-state index contributed by atoms with van der Waals surface area (Å²) in [5.74, 6) is 0.357. The van der Waals surface area contributed by atoms with Gasteiger partial charge in [0.1, 0.15) is 11.4 Å². The summed E-state index contributed by atoms with van der Waals surface area (Å²) < 4.78 is 10.6. The molecule has 0 bridgehead atoms. The van der Waals surface area contributed by atoms with E-state index in [1.54, 1.807) is 19.2 Å². The van der Waals surface area contributed by atoms with Gasteiger partial charge in [-0.3, -0.25) is 0 Å². The zero-order valence-corrected chi connectivity index (χ0v) is 12.1. The van der Waals surface area contributed by atoms with Crippen LogP contribution in [0.15, 0.2) is 18.2 Å². The fourth-order valence-electron chi connectivity index (χ4n) is 1.42. The first-order valence-corrected chi connectivity index (χ1v) is 6.46. The van der Waals surface area contributed by atoms with Crippen molar-refractivity contribution in [1.29, 1.82) is 0 Å². The van der Waals surface area contributed by atoms with Gasteiger partial charge < -0.3 is 9.47 Å². The maximum Gasteiger partial charge on any atom is 0.339 e. The van der Waals surface area contributed by atoms with Crippen molar-refractivity contribution in [3.8, 4) is 5.75 Å². The van der Waals surface area contributed by atoms with Crippen LogP contribution in [0.4, 0.5) is 0 Å². The van der Waals surface area contributed by atoms with Gasteiger partial charge in [-0.2, -0.15) is 0 Å². The second-order valence-electron chi connectivity index (χ2n) is 4.62. The van der Waals surface area contributed by atoms with E-state index in [2.05, 4.69) is 15.9 Å². The number of hydrogen-bond donors (Lipinski definition) is 0. The molecule has 1 aromatic rings. The summed E-state index contributed by atoms with van der Waals surface area (Å²) in [4.78, 5) is 12.0. The molecule has 3 nitrogen and oxygen atoms in total. The molecule has 0 saturated carbocycles.